The summed E-state index contributed by atoms with van der Waals surface area (Å²) in [6.45, 7) is 3.62. The first kappa shape index (κ1) is 12.8. The maximum Gasteiger partial charge on any atom is 0.316 e. The van der Waals surface area contributed by atoms with E-state index < -0.39 is 0 Å². The molecule has 88 valence electrons. The predicted octanol–water partition coefficient (Wildman–Crippen LogP) is 1.53. The Morgan fingerprint density at radius 2 is 2.31 bits per heavy atom. The van der Waals surface area contributed by atoms with Crippen molar-refractivity contribution in [1.29, 1.82) is 0 Å². The van der Waals surface area contributed by atoms with Gasteiger partial charge in [0.15, 0.2) is 5.16 Å². The third-order valence-electron chi connectivity index (χ3n) is 1.50. The van der Waals surface area contributed by atoms with Gasteiger partial charge in [0.2, 0.25) is 5.88 Å². The molecule has 6 heteroatoms. The van der Waals surface area contributed by atoms with Gasteiger partial charge in [0.05, 0.1) is 19.0 Å². The number of esters is 1. The number of ether oxygens (including phenoxy) is 2. The highest BCUT2D eigenvalue weighted by atomic mass is 32.2. The first-order valence-electron chi connectivity index (χ1n) is 4.81. The number of aromatic nitrogens is 2. The van der Waals surface area contributed by atoms with Crippen molar-refractivity contribution in [1.82, 2.24) is 9.97 Å². The molecular formula is C10H14N2O3S. The topological polar surface area (TPSA) is 61.3 Å². The average molecular weight is 242 g/mol. The minimum atomic E-state index is -0.272. The fourth-order valence-corrected chi connectivity index (χ4v) is 1.53. The summed E-state index contributed by atoms with van der Waals surface area (Å²) < 4.78 is 9.93. The van der Waals surface area contributed by atoms with Crippen molar-refractivity contribution in [3.05, 3.63) is 12.3 Å². The minimum Gasteiger partial charge on any atom is -0.481 e. The number of methoxy groups -OCH3 is 1. The van der Waals surface area contributed by atoms with Gasteiger partial charge in [0.1, 0.15) is 0 Å². The van der Waals surface area contributed by atoms with Crippen LogP contribution >= 0.6 is 11.8 Å². The molecule has 0 N–H and O–H groups in total. The molecule has 1 aromatic rings. The Hall–Kier alpha value is -1.30. The number of rotatable bonds is 5. The van der Waals surface area contributed by atoms with Crippen molar-refractivity contribution >= 4 is 17.7 Å². The molecule has 0 atom stereocenters. The van der Waals surface area contributed by atoms with Crippen LogP contribution in [0.15, 0.2) is 17.4 Å². The van der Waals surface area contributed by atoms with Crippen LogP contribution in [0, 0.1) is 0 Å². The number of hydrogen-bond donors (Lipinski definition) is 0. The van der Waals surface area contributed by atoms with Gasteiger partial charge in [-0.25, -0.2) is 4.98 Å². The Labute approximate surface area is 98.6 Å². The van der Waals surface area contributed by atoms with Crippen molar-refractivity contribution in [3.8, 4) is 5.88 Å². The minimum absolute atomic E-state index is 0.0978. The molecule has 0 aliphatic heterocycles. The van der Waals surface area contributed by atoms with E-state index in [0.29, 0.717) is 11.0 Å². The molecule has 0 aromatic carbocycles. The van der Waals surface area contributed by atoms with Gasteiger partial charge in [-0.05, 0) is 13.8 Å². The van der Waals surface area contributed by atoms with E-state index in [-0.39, 0.29) is 17.8 Å². The van der Waals surface area contributed by atoms with Gasteiger partial charge in [0, 0.05) is 12.3 Å². The molecule has 0 saturated carbocycles. The highest BCUT2D eigenvalue weighted by Gasteiger charge is 2.08. The fourth-order valence-electron chi connectivity index (χ4n) is 0.929. The third kappa shape index (κ3) is 4.48. The highest BCUT2D eigenvalue weighted by Crippen LogP contribution is 2.15. The quantitative estimate of drug-likeness (QED) is 0.443. The summed E-state index contributed by atoms with van der Waals surface area (Å²) in [7, 11) is 1.53. The maximum atomic E-state index is 11.3. The van der Waals surface area contributed by atoms with Crippen molar-refractivity contribution < 1.29 is 14.3 Å². The molecule has 1 rings (SSSR count). The zero-order chi connectivity index (χ0) is 12.0. The zero-order valence-corrected chi connectivity index (χ0v) is 10.3. The predicted molar refractivity (Wildman–Crippen MR) is 60.5 cm³/mol. The average Bonchev–Trinajstić information content (AvgIpc) is 2.26. The highest BCUT2D eigenvalue weighted by molar-refractivity contribution is 7.99. The summed E-state index contributed by atoms with van der Waals surface area (Å²) in [5.74, 6) is 0.409. The molecule has 0 fully saturated rings. The van der Waals surface area contributed by atoms with Gasteiger partial charge < -0.3 is 9.47 Å². The summed E-state index contributed by atoms with van der Waals surface area (Å²) in [6.07, 6.45) is 1.49. The summed E-state index contributed by atoms with van der Waals surface area (Å²) >= 11 is 1.22. The van der Waals surface area contributed by atoms with E-state index in [1.807, 2.05) is 13.8 Å². The molecule has 1 aromatic heterocycles. The second-order valence-electron chi connectivity index (χ2n) is 3.21. The lowest BCUT2D eigenvalue weighted by Gasteiger charge is -2.06. The number of hydrogen-bond acceptors (Lipinski definition) is 6. The lowest BCUT2D eigenvalue weighted by Crippen LogP contribution is -2.13. The van der Waals surface area contributed by atoms with Crippen LogP contribution in [-0.2, 0) is 9.53 Å². The van der Waals surface area contributed by atoms with E-state index in [9.17, 15) is 4.79 Å². The van der Waals surface area contributed by atoms with Gasteiger partial charge in [0.25, 0.3) is 0 Å². The van der Waals surface area contributed by atoms with E-state index >= 15 is 0 Å². The number of thioether (sulfide) groups is 1. The number of carbonyl (C=O) groups excluding carboxylic acids is 1. The van der Waals surface area contributed by atoms with E-state index in [1.54, 1.807) is 12.3 Å². The van der Waals surface area contributed by atoms with Crippen LogP contribution < -0.4 is 4.74 Å². The van der Waals surface area contributed by atoms with Crippen LogP contribution in [0.3, 0.4) is 0 Å². The molecule has 0 spiro atoms. The first-order chi connectivity index (χ1) is 7.61. The Morgan fingerprint density at radius 1 is 1.56 bits per heavy atom. The van der Waals surface area contributed by atoms with Crippen LogP contribution in [0.25, 0.3) is 0 Å². The monoisotopic (exact) mass is 242 g/mol. The van der Waals surface area contributed by atoms with Crippen molar-refractivity contribution in [3.63, 3.8) is 0 Å². The molecule has 0 amide bonds. The maximum absolute atomic E-state index is 11.3. The van der Waals surface area contributed by atoms with E-state index in [1.165, 1.54) is 18.9 Å². The van der Waals surface area contributed by atoms with Crippen molar-refractivity contribution in [2.24, 2.45) is 0 Å². The largest absolute Gasteiger partial charge is 0.481 e. The molecule has 16 heavy (non-hydrogen) atoms. The van der Waals surface area contributed by atoms with Crippen LogP contribution in [0.4, 0.5) is 0 Å². The SMILES string of the molecule is COc1ccnc(SCC(=O)OC(C)C)n1. The second-order valence-corrected chi connectivity index (χ2v) is 4.15. The molecule has 0 unspecified atom stereocenters. The Balaban J connectivity index is 2.45. The van der Waals surface area contributed by atoms with E-state index in [2.05, 4.69) is 9.97 Å². The van der Waals surface area contributed by atoms with Crippen molar-refractivity contribution in [2.75, 3.05) is 12.9 Å². The van der Waals surface area contributed by atoms with Crippen LogP contribution in [0.2, 0.25) is 0 Å². The first-order valence-corrected chi connectivity index (χ1v) is 5.79. The Morgan fingerprint density at radius 3 is 2.94 bits per heavy atom. The van der Waals surface area contributed by atoms with Crippen LogP contribution in [0.5, 0.6) is 5.88 Å². The van der Waals surface area contributed by atoms with Gasteiger partial charge in [-0.15, -0.1) is 0 Å². The fraction of sp³-hybridized carbons (Fsp3) is 0.500. The lowest BCUT2D eigenvalue weighted by molar-refractivity contribution is -0.144. The van der Waals surface area contributed by atoms with Crippen LogP contribution in [-0.4, -0.2) is 34.9 Å². The van der Waals surface area contributed by atoms with E-state index in [4.69, 9.17) is 9.47 Å². The lowest BCUT2D eigenvalue weighted by atomic mass is 10.5. The molecule has 0 aliphatic carbocycles. The number of nitrogens with zero attached hydrogens (tertiary/aromatic N) is 2. The van der Waals surface area contributed by atoms with Gasteiger partial charge in [-0.2, -0.15) is 4.98 Å². The summed E-state index contributed by atoms with van der Waals surface area (Å²) in [4.78, 5) is 19.3. The van der Waals surface area contributed by atoms with Gasteiger partial charge >= 0.3 is 5.97 Å². The Kier molecular flexibility index (Phi) is 5.04. The summed E-state index contributed by atoms with van der Waals surface area (Å²) in [5.41, 5.74) is 0. The molecule has 1 heterocycles. The summed E-state index contributed by atoms with van der Waals surface area (Å²) in [5, 5.41) is 0.500. The van der Waals surface area contributed by atoms with Crippen LogP contribution in [0.1, 0.15) is 13.8 Å². The molecule has 0 aliphatic rings. The Bertz CT molecular complexity index is 358. The normalized spacial score (nSPS) is 10.2. The number of carbonyl (C=O) groups is 1. The molecular weight excluding hydrogens is 228 g/mol. The molecule has 0 radical (unpaired) electrons. The smallest absolute Gasteiger partial charge is 0.316 e. The second kappa shape index (κ2) is 6.32. The summed E-state index contributed by atoms with van der Waals surface area (Å²) in [6, 6.07) is 1.65. The van der Waals surface area contributed by atoms with Gasteiger partial charge in [-0.1, -0.05) is 11.8 Å². The molecule has 0 saturated heterocycles. The molecule has 5 nitrogen and oxygen atoms in total. The van der Waals surface area contributed by atoms with E-state index in [0.717, 1.165) is 0 Å². The molecule has 0 bridgehead atoms. The third-order valence-corrected chi connectivity index (χ3v) is 2.34. The standard InChI is InChI=1S/C10H14N2O3S/c1-7(2)15-9(13)6-16-10-11-5-4-8(12-10)14-3/h4-5,7H,6H2,1-3H3. The van der Waals surface area contributed by atoms with Crippen molar-refractivity contribution in [2.45, 2.75) is 25.1 Å². The van der Waals surface area contributed by atoms with Gasteiger partial charge in [-0.3, -0.25) is 4.79 Å². The zero-order valence-electron chi connectivity index (χ0n) is 9.47.